The average Bonchev–Trinajstić information content (AvgIpc) is 2.75. The molecule has 0 unspecified atom stereocenters. The minimum atomic E-state index is -0.933. The molecule has 1 atom stereocenters. The van der Waals surface area contributed by atoms with E-state index in [1.165, 1.54) is 12.7 Å². The lowest BCUT2D eigenvalue weighted by Gasteiger charge is -2.03. The summed E-state index contributed by atoms with van der Waals surface area (Å²) < 4.78 is 4.47. The van der Waals surface area contributed by atoms with E-state index in [-0.39, 0.29) is 0 Å². The summed E-state index contributed by atoms with van der Waals surface area (Å²) >= 11 is 0. The molecule has 0 spiro atoms. The predicted octanol–water partition coefficient (Wildman–Crippen LogP) is 0.202. The van der Waals surface area contributed by atoms with Crippen LogP contribution in [0.2, 0.25) is 0 Å². The zero-order valence-corrected chi connectivity index (χ0v) is 8.50. The molecule has 0 aliphatic heterocycles. The first kappa shape index (κ1) is 13.6. The summed E-state index contributed by atoms with van der Waals surface area (Å²) in [6.45, 7) is 0.604. The highest BCUT2D eigenvalue weighted by atomic mass is 16.4. The molecule has 0 fully saturated rings. The number of nitrogens with two attached hydrogens (primary N) is 2. The molecule has 0 saturated heterocycles. The van der Waals surface area contributed by atoms with Gasteiger partial charge >= 0.3 is 5.97 Å². The van der Waals surface area contributed by atoms with Gasteiger partial charge in [-0.3, -0.25) is 4.79 Å². The Morgan fingerprint density at radius 2 is 2.27 bits per heavy atom. The third kappa shape index (κ3) is 8.92. The van der Waals surface area contributed by atoms with Crippen LogP contribution in [0.4, 0.5) is 0 Å². The van der Waals surface area contributed by atoms with Gasteiger partial charge in [0.15, 0.2) is 6.39 Å². The lowest BCUT2D eigenvalue weighted by molar-refractivity contribution is -0.138. The third-order valence-electron chi connectivity index (χ3n) is 1.63. The van der Waals surface area contributed by atoms with Crippen molar-refractivity contribution in [3.8, 4) is 0 Å². The Bertz CT molecular complexity index is 222. The van der Waals surface area contributed by atoms with Gasteiger partial charge in [0.05, 0.1) is 6.20 Å². The lowest BCUT2D eigenvalue weighted by atomic mass is 10.1. The summed E-state index contributed by atoms with van der Waals surface area (Å²) in [5.74, 6) is -0.933. The predicted molar refractivity (Wildman–Crippen MR) is 55.0 cm³/mol. The van der Waals surface area contributed by atoms with Crippen LogP contribution >= 0.6 is 0 Å². The average molecular weight is 215 g/mol. The van der Waals surface area contributed by atoms with Crippen LogP contribution in [0.1, 0.15) is 19.3 Å². The zero-order chi connectivity index (χ0) is 11.5. The van der Waals surface area contributed by atoms with Crippen LogP contribution in [0, 0.1) is 0 Å². The van der Waals surface area contributed by atoms with Crippen molar-refractivity contribution in [1.29, 1.82) is 0 Å². The molecule has 1 aromatic rings. The van der Waals surface area contributed by atoms with Crippen molar-refractivity contribution in [2.75, 3.05) is 6.54 Å². The van der Waals surface area contributed by atoms with Gasteiger partial charge in [0.2, 0.25) is 0 Å². The Hall–Kier alpha value is -1.40. The maximum absolute atomic E-state index is 10.1. The fourth-order valence-corrected chi connectivity index (χ4v) is 0.808. The number of aliphatic carboxylic acids is 1. The standard InChI is InChI=1S/C6H14N2O2.C3H3NO/c7-4-2-1-3-5(8)6(9)10;1-2-5-3-4-1/h5H,1-4,7-8H2,(H,9,10);1-3H/t5-;/m0./s1. The van der Waals surface area contributed by atoms with Crippen molar-refractivity contribution < 1.29 is 14.3 Å². The van der Waals surface area contributed by atoms with Gasteiger partial charge in [-0.15, -0.1) is 0 Å². The molecule has 0 radical (unpaired) electrons. The fraction of sp³-hybridized carbons (Fsp3) is 0.556. The van der Waals surface area contributed by atoms with Gasteiger partial charge in [0.25, 0.3) is 0 Å². The smallest absolute Gasteiger partial charge is 0.320 e. The molecule has 6 heteroatoms. The third-order valence-corrected chi connectivity index (χ3v) is 1.63. The zero-order valence-electron chi connectivity index (χ0n) is 8.50. The number of nitrogens with zero attached hydrogens (tertiary/aromatic N) is 1. The monoisotopic (exact) mass is 215 g/mol. The quantitative estimate of drug-likeness (QED) is 0.604. The van der Waals surface area contributed by atoms with Crippen LogP contribution in [0.15, 0.2) is 23.3 Å². The number of rotatable bonds is 5. The van der Waals surface area contributed by atoms with Crippen LogP contribution in [0.3, 0.4) is 0 Å². The summed E-state index contributed by atoms with van der Waals surface area (Å²) in [6, 6.07) is -0.716. The molecular weight excluding hydrogens is 198 g/mol. The van der Waals surface area contributed by atoms with Gasteiger partial charge in [-0.2, -0.15) is 0 Å². The number of hydrogen-bond acceptors (Lipinski definition) is 5. The van der Waals surface area contributed by atoms with Crippen molar-refractivity contribution in [1.82, 2.24) is 4.98 Å². The van der Waals surface area contributed by atoms with E-state index < -0.39 is 12.0 Å². The molecule has 0 amide bonds. The Balaban J connectivity index is 0.000000322. The van der Waals surface area contributed by atoms with E-state index >= 15 is 0 Å². The van der Waals surface area contributed by atoms with Gasteiger partial charge in [0, 0.05) is 0 Å². The fourth-order valence-electron chi connectivity index (χ4n) is 0.808. The van der Waals surface area contributed by atoms with Crippen molar-refractivity contribution in [2.45, 2.75) is 25.3 Å². The first-order valence-corrected chi connectivity index (χ1v) is 4.69. The number of oxazole rings is 1. The largest absolute Gasteiger partial charge is 0.480 e. The number of aromatic nitrogens is 1. The van der Waals surface area contributed by atoms with Crippen LogP contribution in [0.5, 0.6) is 0 Å². The van der Waals surface area contributed by atoms with E-state index in [1.807, 2.05) is 0 Å². The molecule has 86 valence electrons. The minimum absolute atomic E-state index is 0.520. The van der Waals surface area contributed by atoms with E-state index in [2.05, 4.69) is 9.40 Å². The van der Waals surface area contributed by atoms with E-state index in [0.717, 1.165) is 12.8 Å². The topological polar surface area (TPSA) is 115 Å². The first-order chi connectivity index (χ1) is 7.18. The molecule has 15 heavy (non-hydrogen) atoms. The minimum Gasteiger partial charge on any atom is -0.480 e. The van der Waals surface area contributed by atoms with Crippen molar-refractivity contribution >= 4 is 5.97 Å². The molecule has 0 aromatic carbocycles. The van der Waals surface area contributed by atoms with E-state index in [9.17, 15) is 4.79 Å². The summed E-state index contributed by atoms with van der Waals surface area (Å²) in [4.78, 5) is 13.7. The van der Waals surface area contributed by atoms with Gasteiger partial charge in [-0.05, 0) is 19.4 Å². The van der Waals surface area contributed by atoms with Crippen molar-refractivity contribution in [3.05, 3.63) is 18.9 Å². The van der Waals surface area contributed by atoms with Crippen LogP contribution in [0.25, 0.3) is 0 Å². The Labute approximate surface area is 88.3 Å². The maximum Gasteiger partial charge on any atom is 0.320 e. The molecule has 0 saturated carbocycles. The summed E-state index contributed by atoms with van der Waals surface area (Å²) in [7, 11) is 0. The van der Waals surface area contributed by atoms with Crippen LogP contribution in [-0.2, 0) is 4.79 Å². The molecule has 6 nitrogen and oxygen atoms in total. The number of carboxylic acid groups (broad SMARTS) is 1. The van der Waals surface area contributed by atoms with Gasteiger partial charge in [-0.25, -0.2) is 4.98 Å². The van der Waals surface area contributed by atoms with Crippen molar-refractivity contribution in [3.63, 3.8) is 0 Å². The van der Waals surface area contributed by atoms with E-state index in [1.54, 1.807) is 6.20 Å². The van der Waals surface area contributed by atoms with Crippen LogP contribution in [-0.4, -0.2) is 28.6 Å². The summed E-state index contributed by atoms with van der Waals surface area (Å²) in [5, 5.41) is 8.33. The number of hydrogen-bond donors (Lipinski definition) is 3. The molecule has 0 bridgehead atoms. The number of carboxylic acids is 1. The second-order valence-corrected chi connectivity index (χ2v) is 2.90. The van der Waals surface area contributed by atoms with Gasteiger partial charge in [-0.1, -0.05) is 6.42 Å². The molecular formula is C9H17N3O3. The lowest BCUT2D eigenvalue weighted by Crippen LogP contribution is -2.29. The highest BCUT2D eigenvalue weighted by molar-refractivity contribution is 5.72. The van der Waals surface area contributed by atoms with Gasteiger partial charge in [0.1, 0.15) is 12.3 Å². The van der Waals surface area contributed by atoms with Crippen molar-refractivity contribution in [2.24, 2.45) is 11.5 Å². The second kappa shape index (κ2) is 9.17. The highest BCUT2D eigenvalue weighted by Gasteiger charge is 2.09. The number of carbonyl (C=O) groups is 1. The van der Waals surface area contributed by atoms with Gasteiger partial charge < -0.3 is 21.0 Å². The summed E-state index contributed by atoms with van der Waals surface area (Å²) in [6.07, 6.45) is 6.64. The first-order valence-electron chi connectivity index (χ1n) is 4.69. The maximum atomic E-state index is 10.1. The molecule has 0 aliphatic rings. The second-order valence-electron chi connectivity index (χ2n) is 2.90. The molecule has 1 heterocycles. The molecule has 5 N–H and O–H groups in total. The molecule has 1 aromatic heterocycles. The highest BCUT2D eigenvalue weighted by Crippen LogP contribution is 1.96. The Morgan fingerprint density at radius 1 is 1.53 bits per heavy atom. The SMILES string of the molecule is NCCCC[C@H](N)C(=O)O.c1cocn1. The normalized spacial score (nSPS) is 11.3. The van der Waals surface area contributed by atoms with E-state index in [0.29, 0.717) is 13.0 Å². The van der Waals surface area contributed by atoms with E-state index in [4.69, 9.17) is 16.6 Å². The van der Waals surface area contributed by atoms with Crippen LogP contribution < -0.4 is 11.5 Å². The Kier molecular flexibility index (Phi) is 8.31. The molecule has 1 rings (SSSR count). The Morgan fingerprint density at radius 3 is 2.60 bits per heavy atom. The number of unbranched alkanes of at least 4 members (excludes halogenated alkanes) is 1. The summed E-state index contributed by atoms with van der Waals surface area (Å²) in [5.41, 5.74) is 10.4. The molecule has 0 aliphatic carbocycles.